The maximum atomic E-state index is 12.0. The molecule has 0 fully saturated rings. The Morgan fingerprint density at radius 1 is 0.958 bits per heavy atom. The third kappa shape index (κ3) is 4.04. The van der Waals surface area contributed by atoms with Crippen molar-refractivity contribution in [2.24, 2.45) is 0 Å². The van der Waals surface area contributed by atoms with Crippen LogP contribution in [0.25, 0.3) is 10.8 Å². The largest absolute Gasteiger partial charge is 0.497 e. The number of hydrogen-bond donors (Lipinski definition) is 2. The van der Waals surface area contributed by atoms with Crippen LogP contribution in [0, 0.1) is 0 Å². The van der Waals surface area contributed by atoms with Gasteiger partial charge in [0, 0.05) is 12.2 Å². The quantitative estimate of drug-likeness (QED) is 0.730. The monoisotopic (exact) mass is 320 g/mol. The van der Waals surface area contributed by atoms with Crippen LogP contribution in [0.1, 0.15) is 5.56 Å². The number of nitrogens with one attached hydrogen (secondary N) is 2. The Bertz CT molecular complexity index is 828. The summed E-state index contributed by atoms with van der Waals surface area (Å²) in [6.07, 6.45) is 0. The van der Waals surface area contributed by atoms with Crippen molar-refractivity contribution < 1.29 is 9.53 Å². The van der Waals surface area contributed by atoms with Crippen LogP contribution in [0.15, 0.2) is 66.7 Å². The van der Waals surface area contributed by atoms with E-state index in [4.69, 9.17) is 4.74 Å². The number of hydrogen-bond acceptors (Lipinski definition) is 3. The molecule has 1 amide bonds. The molecule has 0 aliphatic heterocycles. The van der Waals surface area contributed by atoms with Gasteiger partial charge in [0.15, 0.2) is 0 Å². The van der Waals surface area contributed by atoms with Gasteiger partial charge >= 0.3 is 0 Å². The number of benzene rings is 3. The molecule has 2 N–H and O–H groups in total. The Hall–Kier alpha value is -3.01. The van der Waals surface area contributed by atoms with Crippen molar-refractivity contribution in [1.82, 2.24) is 5.32 Å². The number of ether oxygens (including phenoxy) is 1. The molecule has 0 saturated carbocycles. The van der Waals surface area contributed by atoms with Gasteiger partial charge in [-0.05, 0) is 40.6 Å². The third-order valence-corrected chi connectivity index (χ3v) is 3.85. The van der Waals surface area contributed by atoms with E-state index in [1.54, 1.807) is 7.11 Å². The molecule has 0 atom stereocenters. The molecule has 0 bridgehead atoms. The summed E-state index contributed by atoms with van der Waals surface area (Å²) < 4.78 is 5.12. The van der Waals surface area contributed by atoms with Gasteiger partial charge in [0.05, 0.1) is 13.7 Å². The summed E-state index contributed by atoms with van der Waals surface area (Å²) in [5.74, 6) is 0.766. The van der Waals surface area contributed by atoms with Crippen LogP contribution in [0.4, 0.5) is 5.69 Å². The number of carbonyl (C=O) groups is 1. The molecule has 3 aromatic carbocycles. The van der Waals surface area contributed by atoms with Gasteiger partial charge < -0.3 is 15.4 Å². The highest BCUT2D eigenvalue weighted by Crippen LogP contribution is 2.18. The molecule has 3 rings (SSSR count). The second-order valence-corrected chi connectivity index (χ2v) is 5.54. The Labute approximate surface area is 141 Å². The number of anilines is 1. The van der Waals surface area contributed by atoms with Gasteiger partial charge in [-0.15, -0.1) is 0 Å². The number of carbonyl (C=O) groups excluding carboxylic acids is 1. The Kier molecular flexibility index (Phi) is 4.96. The number of fused-ring (bicyclic) bond motifs is 1. The SMILES string of the molecule is COc1ccc(CNC(=O)CNc2ccc3ccccc3c2)cc1. The second-order valence-electron chi connectivity index (χ2n) is 5.54. The molecule has 0 radical (unpaired) electrons. The van der Waals surface area contributed by atoms with Crippen LogP contribution in [0.5, 0.6) is 5.75 Å². The van der Waals surface area contributed by atoms with Crippen LogP contribution >= 0.6 is 0 Å². The standard InChI is InChI=1S/C20H20N2O2/c1-24-19-10-6-15(7-11-19)13-22-20(23)14-21-18-9-8-16-4-2-3-5-17(16)12-18/h2-12,21H,13-14H2,1H3,(H,22,23). The Morgan fingerprint density at radius 3 is 2.46 bits per heavy atom. The molecular formula is C20H20N2O2. The van der Waals surface area contributed by atoms with Crippen molar-refractivity contribution in [3.8, 4) is 5.75 Å². The fraction of sp³-hybridized carbons (Fsp3) is 0.150. The van der Waals surface area contributed by atoms with E-state index in [1.807, 2.05) is 54.6 Å². The molecule has 122 valence electrons. The zero-order valence-corrected chi connectivity index (χ0v) is 13.6. The molecule has 3 aromatic rings. The minimum absolute atomic E-state index is 0.0426. The van der Waals surface area contributed by atoms with Crippen LogP contribution in [-0.4, -0.2) is 19.6 Å². The summed E-state index contributed by atoms with van der Waals surface area (Å²) in [6.45, 7) is 0.747. The highest BCUT2D eigenvalue weighted by atomic mass is 16.5. The average molecular weight is 320 g/mol. The first kappa shape index (κ1) is 15.9. The topological polar surface area (TPSA) is 50.4 Å². The lowest BCUT2D eigenvalue weighted by atomic mass is 10.1. The van der Waals surface area contributed by atoms with Crippen LogP contribution in [0.3, 0.4) is 0 Å². The van der Waals surface area contributed by atoms with E-state index in [9.17, 15) is 4.79 Å². The first-order valence-corrected chi connectivity index (χ1v) is 7.87. The Morgan fingerprint density at radius 2 is 1.71 bits per heavy atom. The van der Waals surface area contributed by atoms with Gasteiger partial charge in [0.2, 0.25) is 5.91 Å². The van der Waals surface area contributed by atoms with E-state index in [2.05, 4.69) is 22.8 Å². The maximum Gasteiger partial charge on any atom is 0.239 e. The van der Waals surface area contributed by atoms with E-state index in [0.29, 0.717) is 6.54 Å². The first-order chi connectivity index (χ1) is 11.7. The lowest BCUT2D eigenvalue weighted by Crippen LogP contribution is -2.29. The van der Waals surface area contributed by atoms with Gasteiger partial charge in [0.25, 0.3) is 0 Å². The third-order valence-electron chi connectivity index (χ3n) is 3.85. The fourth-order valence-electron chi connectivity index (χ4n) is 2.49. The molecule has 0 aromatic heterocycles. The smallest absolute Gasteiger partial charge is 0.239 e. The first-order valence-electron chi connectivity index (χ1n) is 7.87. The van der Waals surface area contributed by atoms with Gasteiger partial charge in [-0.3, -0.25) is 4.79 Å². The Balaban J connectivity index is 1.50. The van der Waals surface area contributed by atoms with Crippen molar-refractivity contribution in [2.45, 2.75) is 6.54 Å². The maximum absolute atomic E-state index is 12.0. The van der Waals surface area contributed by atoms with Gasteiger partial charge in [0.1, 0.15) is 5.75 Å². The van der Waals surface area contributed by atoms with Crippen molar-refractivity contribution in [2.75, 3.05) is 19.0 Å². The summed E-state index contributed by atoms with van der Waals surface area (Å²) in [5.41, 5.74) is 1.98. The van der Waals surface area contributed by atoms with E-state index in [-0.39, 0.29) is 12.5 Å². The molecule has 0 heterocycles. The molecule has 0 aliphatic carbocycles. The lowest BCUT2D eigenvalue weighted by Gasteiger charge is -2.09. The van der Waals surface area contributed by atoms with Crippen LogP contribution in [0.2, 0.25) is 0 Å². The van der Waals surface area contributed by atoms with Crippen LogP contribution < -0.4 is 15.4 Å². The lowest BCUT2D eigenvalue weighted by molar-refractivity contribution is -0.119. The van der Waals surface area contributed by atoms with Crippen LogP contribution in [-0.2, 0) is 11.3 Å². The average Bonchev–Trinajstić information content (AvgIpc) is 2.65. The zero-order chi connectivity index (χ0) is 16.8. The van der Waals surface area contributed by atoms with E-state index in [1.165, 1.54) is 5.39 Å². The number of rotatable bonds is 6. The minimum Gasteiger partial charge on any atom is -0.497 e. The molecular weight excluding hydrogens is 300 g/mol. The fourth-order valence-corrected chi connectivity index (χ4v) is 2.49. The summed E-state index contributed by atoms with van der Waals surface area (Å²) in [4.78, 5) is 12.0. The molecule has 0 aliphatic rings. The summed E-state index contributed by atoms with van der Waals surface area (Å²) >= 11 is 0. The normalized spacial score (nSPS) is 10.4. The van der Waals surface area contributed by atoms with E-state index in [0.717, 1.165) is 22.4 Å². The summed E-state index contributed by atoms with van der Waals surface area (Å²) in [5, 5.41) is 8.40. The summed E-state index contributed by atoms with van der Waals surface area (Å²) in [7, 11) is 1.63. The highest BCUT2D eigenvalue weighted by Gasteiger charge is 2.02. The number of amides is 1. The highest BCUT2D eigenvalue weighted by molar-refractivity contribution is 5.87. The minimum atomic E-state index is -0.0426. The molecule has 0 unspecified atom stereocenters. The van der Waals surface area contributed by atoms with Crippen molar-refractivity contribution >= 4 is 22.4 Å². The zero-order valence-electron chi connectivity index (χ0n) is 13.6. The van der Waals surface area contributed by atoms with Gasteiger partial charge in [-0.25, -0.2) is 0 Å². The summed E-state index contributed by atoms with van der Waals surface area (Å²) in [6, 6.07) is 21.9. The van der Waals surface area contributed by atoms with Gasteiger partial charge in [-0.1, -0.05) is 42.5 Å². The van der Waals surface area contributed by atoms with Crippen molar-refractivity contribution in [1.29, 1.82) is 0 Å². The molecule has 4 heteroatoms. The van der Waals surface area contributed by atoms with Crippen molar-refractivity contribution in [3.05, 3.63) is 72.3 Å². The van der Waals surface area contributed by atoms with Crippen molar-refractivity contribution in [3.63, 3.8) is 0 Å². The predicted octanol–water partition coefficient (Wildman–Crippen LogP) is 3.58. The molecule has 0 spiro atoms. The second kappa shape index (κ2) is 7.51. The molecule has 24 heavy (non-hydrogen) atoms. The predicted molar refractivity (Wildman–Crippen MR) is 97.3 cm³/mol. The number of methoxy groups -OCH3 is 1. The van der Waals surface area contributed by atoms with E-state index < -0.39 is 0 Å². The van der Waals surface area contributed by atoms with E-state index >= 15 is 0 Å². The molecule has 0 saturated heterocycles. The molecule has 4 nitrogen and oxygen atoms in total. The van der Waals surface area contributed by atoms with Gasteiger partial charge in [-0.2, -0.15) is 0 Å².